The van der Waals surface area contributed by atoms with Gasteiger partial charge in [0.25, 0.3) is 5.91 Å². The molecule has 21 heavy (non-hydrogen) atoms. The van der Waals surface area contributed by atoms with E-state index >= 15 is 0 Å². The van der Waals surface area contributed by atoms with Crippen molar-refractivity contribution in [2.24, 2.45) is 0 Å². The zero-order valence-electron chi connectivity index (χ0n) is 12.8. The Kier molecular flexibility index (Phi) is 5.37. The van der Waals surface area contributed by atoms with Crippen LogP contribution >= 0.6 is 0 Å². The van der Waals surface area contributed by atoms with Crippen LogP contribution in [0.15, 0.2) is 18.2 Å². The van der Waals surface area contributed by atoms with E-state index in [0.29, 0.717) is 6.54 Å². The number of rotatable bonds is 5. The van der Waals surface area contributed by atoms with E-state index in [4.69, 9.17) is 4.74 Å². The molecule has 1 aromatic carbocycles. The van der Waals surface area contributed by atoms with E-state index in [0.717, 1.165) is 18.4 Å². The lowest BCUT2D eigenvalue weighted by atomic mass is 9.90. The number of hydrogen-bond donors (Lipinski definition) is 1. The van der Waals surface area contributed by atoms with Crippen molar-refractivity contribution in [3.8, 4) is 0 Å². The molecule has 1 aliphatic rings. The summed E-state index contributed by atoms with van der Waals surface area (Å²) in [6, 6.07) is 6.21. The third-order valence-corrected chi connectivity index (χ3v) is 3.79. The van der Waals surface area contributed by atoms with Crippen molar-refractivity contribution >= 4 is 11.9 Å². The number of likely N-dealkylation sites (N-methyl/N-ethyl adjacent to an activating group) is 1. The van der Waals surface area contributed by atoms with Crippen molar-refractivity contribution in [1.29, 1.82) is 0 Å². The van der Waals surface area contributed by atoms with Crippen molar-refractivity contribution < 1.29 is 14.3 Å². The molecule has 0 fully saturated rings. The molecule has 0 saturated carbocycles. The fourth-order valence-electron chi connectivity index (χ4n) is 2.67. The second-order valence-electron chi connectivity index (χ2n) is 5.51. The molecule has 0 spiro atoms. The molecule has 0 aliphatic heterocycles. The smallest absolute Gasteiger partial charge is 0.311 e. The first-order valence-electron chi connectivity index (χ1n) is 7.68. The fourth-order valence-corrected chi connectivity index (χ4v) is 2.67. The first-order valence-corrected chi connectivity index (χ1v) is 7.68. The Morgan fingerprint density at radius 3 is 2.67 bits per heavy atom. The summed E-state index contributed by atoms with van der Waals surface area (Å²) in [5.74, 6) is -0.610. The van der Waals surface area contributed by atoms with E-state index in [1.807, 2.05) is 13.0 Å². The summed E-state index contributed by atoms with van der Waals surface area (Å²) < 4.78 is 5.16. The average Bonchev–Trinajstić information content (AvgIpc) is 2.47. The van der Waals surface area contributed by atoms with Crippen molar-refractivity contribution in [3.63, 3.8) is 0 Å². The Hall–Kier alpha value is -1.84. The van der Waals surface area contributed by atoms with Gasteiger partial charge in [-0.2, -0.15) is 0 Å². The highest BCUT2D eigenvalue weighted by atomic mass is 16.5. The zero-order valence-corrected chi connectivity index (χ0v) is 12.8. The number of fused-ring (bicyclic) bond motifs is 1. The molecule has 1 amide bonds. The van der Waals surface area contributed by atoms with Crippen LogP contribution < -0.4 is 5.32 Å². The molecule has 1 aliphatic carbocycles. The Bertz CT molecular complexity index is 525. The van der Waals surface area contributed by atoms with Gasteiger partial charge in [-0.05, 0) is 56.2 Å². The lowest BCUT2D eigenvalue weighted by molar-refractivity contribution is -0.154. The quantitative estimate of drug-likeness (QED) is 0.845. The third-order valence-electron chi connectivity index (χ3n) is 3.79. The number of amides is 1. The molecular formula is C17H23NO3. The number of nitrogens with one attached hydrogen (secondary N) is 1. The van der Waals surface area contributed by atoms with Crippen LogP contribution in [0.25, 0.3) is 0 Å². The predicted octanol–water partition coefficient (Wildman–Crippen LogP) is 2.18. The van der Waals surface area contributed by atoms with Crippen molar-refractivity contribution in [1.82, 2.24) is 5.32 Å². The first kappa shape index (κ1) is 15.5. The minimum Gasteiger partial charge on any atom is -0.452 e. The monoisotopic (exact) mass is 289 g/mol. The van der Waals surface area contributed by atoms with Gasteiger partial charge in [-0.15, -0.1) is 0 Å². The Morgan fingerprint density at radius 2 is 1.95 bits per heavy atom. The fraction of sp³-hybridized carbons (Fsp3) is 0.529. The van der Waals surface area contributed by atoms with Crippen molar-refractivity contribution in [2.75, 3.05) is 6.54 Å². The molecule has 0 bridgehead atoms. The Balaban J connectivity index is 1.92. The summed E-state index contributed by atoms with van der Waals surface area (Å²) in [5.41, 5.74) is 3.71. The van der Waals surface area contributed by atoms with Gasteiger partial charge in [0, 0.05) is 6.54 Å². The molecule has 0 unspecified atom stereocenters. The maximum Gasteiger partial charge on any atom is 0.311 e. The molecule has 4 heteroatoms. The van der Waals surface area contributed by atoms with E-state index in [1.165, 1.54) is 24.0 Å². The maximum absolute atomic E-state index is 11.9. The maximum atomic E-state index is 11.9. The highest BCUT2D eigenvalue weighted by Crippen LogP contribution is 2.22. The molecule has 0 heterocycles. The Morgan fingerprint density at radius 1 is 1.24 bits per heavy atom. The Labute approximate surface area is 125 Å². The minimum atomic E-state index is -0.741. The van der Waals surface area contributed by atoms with E-state index in [1.54, 1.807) is 6.92 Å². The standard InChI is InChI=1S/C17H23NO3/c1-3-18-17(20)12(2)21-16(19)11-13-8-9-14-6-4-5-7-15(14)10-13/h8-10,12H,3-7,11H2,1-2H3,(H,18,20)/t12-/m0/s1. The molecule has 114 valence electrons. The topological polar surface area (TPSA) is 55.4 Å². The lowest BCUT2D eigenvalue weighted by Gasteiger charge is -2.17. The summed E-state index contributed by atoms with van der Waals surface area (Å²) in [5, 5.41) is 2.64. The summed E-state index contributed by atoms with van der Waals surface area (Å²) in [7, 11) is 0. The first-order chi connectivity index (χ1) is 10.1. The van der Waals surface area contributed by atoms with E-state index in [2.05, 4.69) is 17.4 Å². The molecule has 0 saturated heterocycles. The van der Waals surface area contributed by atoms with E-state index < -0.39 is 6.10 Å². The SMILES string of the molecule is CCNC(=O)[C@H](C)OC(=O)Cc1ccc2c(c1)CCCC2. The number of carbonyl (C=O) groups is 2. The summed E-state index contributed by atoms with van der Waals surface area (Å²) >= 11 is 0. The van der Waals surface area contributed by atoms with Crippen LogP contribution in [0.1, 0.15) is 43.4 Å². The van der Waals surface area contributed by atoms with Crippen LogP contribution in [-0.2, 0) is 33.6 Å². The van der Waals surface area contributed by atoms with Gasteiger partial charge in [-0.3, -0.25) is 9.59 Å². The number of benzene rings is 1. The summed E-state index contributed by atoms with van der Waals surface area (Å²) in [6.45, 7) is 3.96. The van der Waals surface area contributed by atoms with E-state index in [9.17, 15) is 9.59 Å². The van der Waals surface area contributed by atoms with Gasteiger partial charge in [0.15, 0.2) is 6.10 Å². The van der Waals surface area contributed by atoms with Gasteiger partial charge in [-0.25, -0.2) is 0 Å². The normalized spacial score (nSPS) is 15.0. The number of carbonyl (C=O) groups excluding carboxylic acids is 2. The summed E-state index contributed by atoms with van der Waals surface area (Å²) in [6.07, 6.45) is 4.17. The molecule has 4 nitrogen and oxygen atoms in total. The van der Waals surface area contributed by atoms with Gasteiger partial charge < -0.3 is 10.1 Å². The predicted molar refractivity (Wildman–Crippen MR) is 81.0 cm³/mol. The zero-order chi connectivity index (χ0) is 15.2. The molecule has 0 aromatic heterocycles. The second-order valence-corrected chi connectivity index (χ2v) is 5.51. The third kappa shape index (κ3) is 4.31. The molecule has 0 radical (unpaired) electrons. The van der Waals surface area contributed by atoms with Crippen LogP contribution in [0.3, 0.4) is 0 Å². The average molecular weight is 289 g/mol. The minimum absolute atomic E-state index is 0.219. The molecule has 2 rings (SSSR count). The van der Waals surface area contributed by atoms with Crippen LogP contribution in [0.2, 0.25) is 0 Å². The van der Waals surface area contributed by atoms with Crippen LogP contribution in [0.4, 0.5) is 0 Å². The van der Waals surface area contributed by atoms with Gasteiger partial charge in [0.05, 0.1) is 6.42 Å². The van der Waals surface area contributed by atoms with Crippen molar-refractivity contribution in [3.05, 3.63) is 34.9 Å². The lowest BCUT2D eigenvalue weighted by Crippen LogP contribution is -2.35. The van der Waals surface area contributed by atoms with Gasteiger partial charge in [0.1, 0.15) is 0 Å². The van der Waals surface area contributed by atoms with Gasteiger partial charge >= 0.3 is 5.97 Å². The van der Waals surface area contributed by atoms with Gasteiger partial charge in [-0.1, -0.05) is 18.2 Å². The summed E-state index contributed by atoms with van der Waals surface area (Å²) in [4.78, 5) is 23.4. The molecular weight excluding hydrogens is 266 g/mol. The second kappa shape index (κ2) is 7.25. The molecule has 1 aromatic rings. The number of ether oxygens (including phenoxy) is 1. The number of hydrogen-bond acceptors (Lipinski definition) is 3. The van der Waals surface area contributed by atoms with Gasteiger partial charge in [0.2, 0.25) is 0 Å². The highest BCUT2D eigenvalue weighted by molar-refractivity contribution is 5.83. The molecule has 1 N–H and O–H groups in total. The van der Waals surface area contributed by atoms with Crippen LogP contribution in [0.5, 0.6) is 0 Å². The number of aryl methyl sites for hydroxylation is 2. The van der Waals surface area contributed by atoms with Crippen molar-refractivity contribution in [2.45, 2.75) is 52.1 Å². The largest absolute Gasteiger partial charge is 0.452 e. The number of esters is 1. The molecule has 1 atom stereocenters. The van der Waals surface area contributed by atoms with Crippen LogP contribution in [-0.4, -0.2) is 24.5 Å². The van der Waals surface area contributed by atoms with Crippen LogP contribution in [0, 0.1) is 0 Å². The van der Waals surface area contributed by atoms with E-state index in [-0.39, 0.29) is 18.3 Å². The highest BCUT2D eigenvalue weighted by Gasteiger charge is 2.17.